The summed E-state index contributed by atoms with van der Waals surface area (Å²) in [4.78, 5) is 0. The molecule has 0 nitrogen and oxygen atoms in total. The van der Waals surface area contributed by atoms with Gasteiger partial charge in [0.05, 0.1) is 0 Å². The van der Waals surface area contributed by atoms with E-state index in [0.717, 1.165) is 12.8 Å². The van der Waals surface area contributed by atoms with Gasteiger partial charge in [-0.1, -0.05) is 149 Å². The van der Waals surface area contributed by atoms with E-state index in [2.05, 4.69) is 185 Å². The van der Waals surface area contributed by atoms with Crippen LogP contribution >= 0.6 is 0 Å². The summed E-state index contributed by atoms with van der Waals surface area (Å²) in [6.45, 7) is 9.55. The smallest absolute Gasteiger partial charge is 0.0210 e. The molecule has 0 atom stereocenters. The highest BCUT2D eigenvalue weighted by molar-refractivity contribution is 5.92. The third-order valence-corrected chi connectivity index (χ3v) is 12.7. The number of hydrogen-bond acceptors (Lipinski definition) is 0. The van der Waals surface area contributed by atoms with Crippen LogP contribution in [0.15, 0.2) is 158 Å². The van der Waals surface area contributed by atoms with Gasteiger partial charge in [0.2, 0.25) is 0 Å². The highest BCUT2D eigenvalue weighted by atomic mass is 14.4. The van der Waals surface area contributed by atoms with Crippen LogP contribution in [0, 0.1) is 0 Å². The van der Waals surface area contributed by atoms with Crippen molar-refractivity contribution < 1.29 is 0 Å². The quantitative estimate of drug-likeness (QED) is 0.171. The first-order valence-electron chi connectivity index (χ1n) is 19.0. The molecule has 0 amide bonds. The van der Waals surface area contributed by atoms with Crippen LogP contribution in [0.25, 0.3) is 77.2 Å². The predicted octanol–water partition coefficient (Wildman–Crippen LogP) is 14.4. The van der Waals surface area contributed by atoms with Crippen LogP contribution in [0.2, 0.25) is 0 Å². The molecule has 0 aromatic heterocycles. The SMILES string of the molecule is CCC1(CC)c2cc(-c3ccc4c(c3)C(C)(C)c3cc(-c5ccc6ccccc6c5)ccc3-4)ccc2-c2ccc(-c3ccc4ccccc4c3)cc21. The number of fused-ring (bicyclic) bond motifs is 8. The van der Waals surface area contributed by atoms with Crippen molar-refractivity contribution in [2.75, 3.05) is 0 Å². The molecule has 0 unspecified atom stereocenters. The Morgan fingerprint density at radius 3 is 1.02 bits per heavy atom. The maximum absolute atomic E-state index is 2.52. The van der Waals surface area contributed by atoms with Crippen molar-refractivity contribution in [2.24, 2.45) is 0 Å². The van der Waals surface area contributed by atoms with Crippen LogP contribution in [0.4, 0.5) is 0 Å². The summed E-state index contributed by atoms with van der Waals surface area (Å²) in [6, 6.07) is 59.8. The predicted molar refractivity (Wildman–Crippen MR) is 222 cm³/mol. The third kappa shape index (κ3) is 4.47. The van der Waals surface area contributed by atoms with Gasteiger partial charge in [0.25, 0.3) is 0 Å². The molecule has 0 saturated heterocycles. The Bertz CT molecular complexity index is 2730. The monoisotopic (exact) mass is 666 g/mol. The molecule has 0 spiro atoms. The molecule has 2 aliphatic rings. The van der Waals surface area contributed by atoms with E-state index in [4.69, 9.17) is 0 Å². The Hall–Kier alpha value is -5.72. The van der Waals surface area contributed by atoms with E-state index >= 15 is 0 Å². The van der Waals surface area contributed by atoms with Crippen molar-refractivity contribution in [2.45, 2.75) is 51.4 Å². The summed E-state index contributed by atoms with van der Waals surface area (Å²) in [5.41, 5.74) is 18.9. The second-order valence-corrected chi connectivity index (χ2v) is 15.6. The number of benzene rings is 8. The summed E-state index contributed by atoms with van der Waals surface area (Å²) in [6.07, 6.45) is 2.14. The van der Waals surface area contributed by atoms with Crippen molar-refractivity contribution in [1.82, 2.24) is 0 Å². The van der Waals surface area contributed by atoms with Crippen LogP contribution < -0.4 is 0 Å². The van der Waals surface area contributed by atoms with Gasteiger partial charge in [0, 0.05) is 10.8 Å². The van der Waals surface area contributed by atoms with E-state index in [-0.39, 0.29) is 10.8 Å². The number of rotatable bonds is 5. The van der Waals surface area contributed by atoms with Gasteiger partial charge in [-0.25, -0.2) is 0 Å². The molecular weight excluding hydrogens is 625 g/mol. The zero-order chi connectivity index (χ0) is 35.2. The highest BCUT2D eigenvalue weighted by Gasteiger charge is 2.41. The molecule has 10 rings (SSSR count). The minimum absolute atomic E-state index is 0.0149. The van der Waals surface area contributed by atoms with Gasteiger partial charge >= 0.3 is 0 Å². The Kier molecular flexibility index (Phi) is 6.80. The first-order valence-corrected chi connectivity index (χ1v) is 19.0. The molecular formula is C52H42. The fourth-order valence-electron chi connectivity index (χ4n) is 9.70. The first kappa shape index (κ1) is 31.1. The van der Waals surface area contributed by atoms with E-state index in [1.165, 1.54) is 99.4 Å². The van der Waals surface area contributed by atoms with Gasteiger partial charge in [0.15, 0.2) is 0 Å². The lowest BCUT2D eigenvalue weighted by Gasteiger charge is -2.30. The summed E-state index contributed by atoms with van der Waals surface area (Å²) in [5, 5.41) is 5.14. The summed E-state index contributed by atoms with van der Waals surface area (Å²) >= 11 is 0. The van der Waals surface area contributed by atoms with Crippen LogP contribution in [0.1, 0.15) is 62.8 Å². The average molecular weight is 667 g/mol. The zero-order valence-corrected chi connectivity index (χ0v) is 30.4. The maximum Gasteiger partial charge on any atom is 0.0210 e. The fourth-order valence-corrected chi connectivity index (χ4v) is 9.70. The molecule has 52 heavy (non-hydrogen) atoms. The lowest BCUT2D eigenvalue weighted by molar-refractivity contribution is 0.491. The molecule has 0 fully saturated rings. The summed E-state index contributed by atoms with van der Waals surface area (Å²) in [7, 11) is 0. The molecule has 0 saturated carbocycles. The van der Waals surface area contributed by atoms with E-state index < -0.39 is 0 Å². The first-order chi connectivity index (χ1) is 25.4. The molecule has 8 aromatic carbocycles. The standard InChI is InChI=1S/C52H42/c1-5-52(6-2)49-31-41(38-18-16-34-12-8-10-14-36(34)28-38)21-25-45(49)46-26-22-42(32-50(46)52)40-20-24-44-43-23-19-39(29-47(43)51(3,4)48(44)30-40)37-17-15-33-11-7-9-13-35(33)27-37/h7-32H,5-6H2,1-4H3. The lowest BCUT2D eigenvalue weighted by Crippen LogP contribution is -2.23. The highest BCUT2D eigenvalue weighted by Crippen LogP contribution is 2.55. The molecule has 0 aliphatic heterocycles. The van der Waals surface area contributed by atoms with Crippen LogP contribution in [0.3, 0.4) is 0 Å². The fraction of sp³-hybridized carbons (Fsp3) is 0.154. The molecule has 250 valence electrons. The molecule has 0 heteroatoms. The Morgan fingerprint density at radius 2 is 0.635 bits per heavy atom. The van der Waals surface area contributed by atoms with Crippen LogP contribution in [-0.2, 0) is 10.8 Å². The normalized spacial score (nSPS) is 14.6. The van der Waals surface area contributed by atoms with Gasteiger partial charge in [-0.2, -0.15) is 0 Å². The second kappa shape index (κ2) is 11.4. The summed E-state index contributed by atoms with van der Waals surface area (Å²) in [5.74, 6) is 0. The minimum Gasteiger partial charge on any atom is -0.0642 e. The van der Waals surface area contributed by atoms with Gasteiger partial charge < -0.3 is 0 Å². The second-order valence-electron chi connectivity index (χ2n) is 15.6. The number of hydrogen-bond donors (Lipinski definition) is 0. The van der Waals surface area contributed by atoms with E-state index in [0.29, 0.717) is 0 Å². The Balaban J connectivity index is 1.02. The Morgan fingerprint density at radius 1 is 0.327 bits per heavy atom. The minimum atomic E-state index is -0.101. The van der Waals surface area contributed by atoms with Crippen LogP contribution in [0.5, 0.6) is 0 Å². The molecule has 0 N–H and O–H groups in total. The van der Waals surface area contributed by atoms with Gasteiger partial charge in [-0.3, -0.25) is 0 Å². The molecule has 8 aromatic rings. The van der Waals surface area contributed by atoms with Crippen molar-refractivity contribution >= 4 is 21.5 Å². The van der Waals surface area contributed by atoms with E-state index in [9.17, 15) is 0 Å². The van der Waals surface area contributed by atoms with Crippen molar-refractivity contribution in [1.29, 1.82) is 0 Å². The largest absolute Gasteiger partial charge is 0.0642 e. The van der Waals surface area contributed by atoms with E-state index in [1.807, 2.05) is 0 Å². The van der Waals surface area contributed by atoms with Crippen molar-refractivity contribution in [3.05, 3.63) is 180 Å². The van der Waals surface area contributed by atoms with Crippen molar-refractivity contribution in [3.63, 3.8) is 0 Å². The average Bonchev–Trinajstić information content (AvgIpc) is 3.60. The van der Waals surface area contributed by atoms with Gasteiger partial charge in [-0.15, -0.1) is 0 Å². The lowest BCUT2D eigenvalue weighted by atomic mass is 9.73. The molecule has 0 radical (unpaired) electrons. The molecule has 2 aliphatic carbocycles. The summed E-state index contributed by atoms with van der Waals surface area (Å²) < 4.78 is 0. The Labute approximate surface area is 307 Å². The molecule has 0 heterocycles. The topological polar surface area (TPSA) is 0 Å². The van der Waals surface area contributed by atoms with Gasteiger partial charge in [-0.05, 0) is 149 Å². The molecule has 0 bridgehead atoms. The van der Waals surface area contributed by atoms with E-state index in [1.54, 1.807) is 0 Å². The van der Waals surface area contributed by atoms with Crippen LogP contribution in [-0.4, -0.2) is 0 Å². The van der Waals surface area contributed by atoms with Gasteiger partial charge in [0.1, 0.15) is 0 Å². The zero-order valence-electron chi connectivity index (χ0n) is 30.4. The third-order valence-electron chi connectivity index (χ3n) is 12.7. The van der Waals surface area contributed by atoms with Crippen molar-refractivity contribution in [3.8, 4) is 55.6 Å². The maximum atomic E-state index is 2.52.